The molecule has 0 saturated carbocycles. The lowest BCUT2D eigenvalue weighted by molar-refractivity contribution is 0.258. The van der Waals surface area contributed by atoms with Gasteiger partial charge in [-0.3, -0.25) is 0 Å². The van der Waals surface area contributed by atoms with Crippen molar-refractivity contribution in [1.29, 1.82) is 0 Å². The van der Waals surface area contributed by atoms with E-state index in [0.29, 0.717) is 15.7 Å². The molecule has 3 nitrogen and oxygen atoms in total. The van der Waals surface area contributed by atoms with E-state index in [2.05, 4.69) is 5.32 Å². The van der Waals surface area contributed by atoms with E-state index in [0.717, 1.165) is 0 Å². The maximum absolute atomic E-state index is 10.3. The third-order valence-electron chi connectivity index (χ3n) is 1.12. The number of benzene rings is 1. The van der Waals surface area contributed by atoms with Gasteiger partial charge in [0.1, 0.15) is 0 Å². The van der Waals surface area contributed by atoms with E-state index in [1.165, 1.54) is 12.1 Å². The van der Waals surface area contributed by atoms with E-state index >= 15 is 0 Å². The van der Waals surface area contributed by atoms with Crippen LogP contribution in [0, 0.1) is 0 Å². The average Bonchev–Trinajstić information content (AvgIpc) is 1.81. The second kappa shape index (κ2) is 3.65. The molecule has 0 fully saturated rings. The average molecular weight is 204 g/mol. The van der Waals surface area contributed by atoms with Gasteiger partial charge in [-0.25, -0.2) is 10.5 Å². The highest BCUT2D eigenvalue weighted by Gasteiger charge is 1.99. The molecule has 1 rings (SSSR count). The van der Waals surface area contributed by atoms with E-state index < -0.39 is 6.03 Å². The molecule has 5 heteroatoms. The van der Waals surface area contributed by atoms with Gasteiger partial charge in [-0.15, -0.1) is 0 Å². The van der Waals surface area contributed by atoms with Crippen molar-refractivity contribution < 1.29 is 4.79 Å². The Kier molecular flexibility index (Phi) is 2.78. The molecular weight excluding hydrogens is 199 g/mol. The molecule has 0 heterocycles. The Balaban J connectivity index is 2.93. The van der Waals surface area contributed by atoms with Crippen molar-refractivity contribution in [3.8, 4) is 0 Å². The van der Waals surface area contributed by atoms with Crippen molar-refractivity contribution in [3.05, 3.63) is 28.2 Å². The first-order valence-electron chi connectivity index (χ1n) is 3.06. The second-order valence-corrected chi connectivity index (χ2v) is 2.99. The number of urea groups is 1. The fourth-order valence-corrected chi connectivity index (χ4v) is 1.28. The van der Waals surface area contributed by atoms with Crippen LogP contribution in [0.1, 0.15) is 0 Å². The SMILES string of the molecule is [NH]C(=O)Nc1cc(Cl)cc(Cl)c1. The molecule has 0 atom stereocenters. The number of halogens is 2. The predicted molar refractivity (Wildman–Crippen MR) is 48.6 cm³/mol. The first-order valence-corrected chi connectivity index (χ1v) is 3.82. The summed E-state index contributed by atoms with van der Waals surface area (Å²) in [6.07, 6.45) is 0. The van der Waals surface area contributed by atoms with Crippen LogP contribution in [0.3, 0.4) is 0 Å². The molecule has 12 heavy (non-hydrogen) atoms. The number of carbonyl (C=O) groups is 1. The lowest BCUT2D eigenvalue weighted by Gasteiger charge is -2.01. The molecule has 1 aromatic carbocycles. The van der Waals surface area contributed by atoms with Gasteiger partial charge in [0.2, 0.25) is 0 Å². The van der Waals surface area contributed by atoms with E-state index in [4.69, 9.17) is 28.9 Å². The van der Waals surface area contributed by atoms with Gasteiger partial charge in [0, 0.05) is 15.7 Å². The van der Waals surface area contributed by atoms with Gasteiger partial charge in [-0.1, -0.05) is 23.2 Å². The molecule has 0 aromatic heterocycles. The smallest absolute Gasteiger partial charge is 0.306 e. The first kappa shape index (κ1) is 9.16. The largest absolute Gasteiger partial charge is 0.337 e. The minimum absolute atomic E-state index is 0.422. The monoisotopic (exact) mass is 203 g/mol. The molecule has 1 radical (unpaired) electrons. The summed E-state index contributed by atoms with van der Waals surface area (Å²) in [7, 11) is 0. The van der Waals surface area contributed by atoms with Crippen LogP contribution in [0.25, 0.3) is 0 Å². The number of anilines is 1. The first-order chi connectivity index (χ1) is 5.58. The molecule has 63 valence electrons. The molecule has 2 N–H and O–H groups in total. The topological polar surface area (TPSA) is 52.9 Å². The molecule has 0 spiro atoms. The molecule has 0 saturated heterocycles. The Morgan fingerprint density at radius 3 is 2.17 bits per heavy atom. The van der Waals surface area contributed by atoms with Crippen molar-refractivity contribution >= 4 is 34.9 Å². The Labute approximate surface area is 79.5 Å². The Bertz CT molecular complexity index is 294. The van der Waals surface area contributed by atoms with Crippen LogP contribution in [0.15, 0.2) is 18.2 Å². The summed E-state index contributed by atoms with van der Waals surface area (Å²) in [5.74, 6) is 0. The highest BCUT2D eigenvalue weighted by Crippen LogP contribution is 2.22. The number of carbonyl (C=O) groups excluding carboxylic acids is 1. The van der Waals surface area contributed by atoms with Crippen LogP contribution in [-0.2, 0) is 0 Å². The zero-order chi connectivity index (χ0) is 9.14. The number of nitrogens with one attached hydrogen (secondary N) is 2. The summed E-state index contributed by atoms with van der Waals surface area (Å²) in [6.45, 7) is 0. The van der Waals surface area contributed by atoms with Gasteiger partial charge in [0.05, 0.1) is 0 Å². The Morgan fingerprint density at radius 2 is 1.75 bits per heavy atom. The minimum atomic E-state index is -0.895. The summed E-state index contributed by atoms with van der Waals surface area (Å²) < 4.78 is 0. The van der Waals surface area contributed by atoms with E-state index in [-0.39, 0.29) is 0 Å². The van der Waals surface area contributed by atoms with Crippen molar-refractivity contribution in [2.24, 2.45) is 0 Å². The molecule has 0 aliphatic rings. The molecular formula is C7H5Cl2N2O. The maximum Gasteiger partial charge on any atom is 0.337 e. The van der Waals surface area contributed by atoms with Crippen LogP contribution in [-0.4, -0.2) is 6.03 Å². The van der Waals surface area contributed by atoms with Gasteiger partial charge >= 0.3 is 6.03 Å². The van der Waals surface area contributed by atoms with Crippen molar-refractivity contribution in [2.75, 3.05) is 5.32 Å². The van der Waals surface area contributed by atoms with Crippen LogP contribution in [0.5, 0.6) is 0 Å². The molecule has 0 aliphatic carbocycles. The minimum Gasteiger partial charge on any atom is -0.306 e. The third-order valence-corrected chi connectivity index (χ3v) is 1.56. The Morgan fingerprint density at radius 1 is 1.25 bits per heavy atom. The van der Waals surface area contributed by atoms with Crippen LogP contribution in [0.4, 0.5) is 10.5 Å². The lowest BCUT2D eigenvalue weighted by Crippen LogP contribution is -2.09. The van der Waals surface area contributed by atoms with Gasteiger partial charge in [-0.2, -0.15) is 0 Å². The summed E-state index contributed by atoms with van der Waals surface area (Å²) in [5, 5.41) is 3.09. The number of amides is 2. The van der Waals surface area contributed by atoms with Crippen LogP contribution in [0.2, 0.25) is 10.0 Å². The summed E-state index contributed by atoms with van der Waals surface area (Å²) in [5.41, 5.74) is 7.04. The predicted octanol–water partition coefficient (Wildman–Crippen LogP) is 2.81. The Hall–Kier alpha value is -0.930. The number of rotatable bonds is 1. The third kappa shape index (κ3) is 2.60. The fraction of sp³-hybridized carbons (Fsp3) is 0. The zero-order valence-electron chi connectivity index (χ0n) is 5.90. The fourth-order valence-electron chi connectivity index (χ4n) is 0.757. The molecule has 0 unspecified atom stereocenters. The number of hydrogen-bond acceptors (Lipinski definition) is 1. The number of hydrogen-bond donors (Lipinski definition) is 1. The second-order valence-electron chi connectivity index (χ2n) is 2.11. The van der Waals surface area contributed by atoms with E-state index in [1.807, 2.05) is 0 Å². The normalized spacial score (nSPS) is 9.50. The van der Waals surface area contributed by atoms with Crippen LogP contribution < -0.4 is 11.1 Å². The molecule has 0 bridgehead atoms. The summed E-state index contributed by atoms with van der Waals surface area (Å²) in [6, 6.07) is 3.68. The molecule has 0 aliphatic heterocycles. The van der Waals surface area contributed by atoms with Crippen molar-refractivity contribution in [2.45, 2.75) is 0 Å². The van der Waals surface area contributed by atoms with Gasteiger partial charge in [0.25, 0.3) is 0 Å². The van der Waals surface area contributed by atoms with E-state index in [1.54, 1.807) is 6.07 Å². The molecule has 1 aromatic rings. The maximum atomic E-state index is 10.3. The quantitative estimate of drug-likeness (QED) is 0.751. The van der Waals surface area contributed by atoms with E-state index in [9.17, 15) is 4.79 Å². The standard InChI is InChI=1S/C7H5Cl2N2O/c8-4-1-5(9)3-6(2-4)11-7(10)12/h1-3,10H,(H,11,12). The van der Waals surface area contributed by atoms with Gasteiger partial charge < -0.3 is 5.32 Å². The highest BCUT2D eigenvalue weighted by molar-refractivity contribution is 6.35. The highest BCUT2D eigenvalue weighted by atomic mass is 35.5. The van der Waals surface area contributed by atoms with Crippen LogP contribution >= 0.6 is 23.2 Å². The van der Waals surface area contributed by atoms with Gasteiger partial charge in [-0.05, 0) is 18.2 Å². The zero-order valence-corrected chi connectivity index (χ0v) is 7.41. The lowest BCUT2D eigenvalue weighted by atomic mass is 10.3. The van der Waals surface area contributed by atoms with Crippen molar-refractivity contribution in [3.63, 3.8) is 0 Å². The summed E-state index contributed by atoms with van der Waals surface area (Å²) in [4.78, 5) is 10.3. The van der Waals surface area contributed by atoms with Crippen molar-refractivity contribution in [1.82, 2.24) is 5.73 Å². The summed E-state index contributed by atoms with van der Waals surface area (Å²) >= 11 is 11.3. The molecule has 2 amide bonds. The van der Waals surface area contributed by atoms with Gasteiger partial charge in [0.15, 0.2) is 0 Å².